The maximum atomic E-state index is 12.2. The summed E-state index contributed by atoms with van der Waals surface area (Å²) >= 11 is 0. The first-order valence-electron chi connectivity index (χ1n) is 10.2. The number of nitrogens with one attached hydrogen (secondary N) is 3. The van der Waals surface area contributed by atoms with Crippen LogP contribution in [0.1, 0.15) is 37.7 Å². The van der Waals surface area contributed by atoms with Gasteiger partial charge < -0.3 is 15.0 Å². The van der Waals surface area contributed by atoms with E-state index in [9.17, 15) is 9.59 Å². The van der Waals surface area contributed by atoms with Crippen molar-refractivity contribution in [3.8, 4) is 5.75 Å². The van der Waals surface area contributed by atoms with Crippen molar-refractivity contribution in [2.75, 3.05) is 39.8 Å². The molecule has 1 aromatic rings. The number of benzene rings is 1. The zero-order valence-electron chi connectivity index (χ0n) is 16.6. The lowest BCUT2D eigenvalue weighted by Crippen LogP contribution is -3.10. The Morgan fingerprint density at radius 3 is 2.71 bits per heavy atom. The first-order chi connectivity index (χ1) is 13.7. The van der Waals surface area contributed by atoms with Crippen LogP contribution >= 0.6 is 0 Å². The van der Waals surface area contributed by atoms with Crippen LogP contribution in [0.3, 0.4) is 0 Å². The third kappa shape index (κ3) is 5.73. The summed E-state index contributed by atoms with van der Waals surface area (Å²) in [5, 5.41) is 4.51. The number of hydrogen-bond donors (Lipinski definition) is 3. The van der Waals surface area contributed by atoms with Crippen LogP contribution in [0, 0.1) is 0 Å². The van der Waals surface area contributed by atoms with E-state index in [1.807, 2.05) is 30.3 Å². The number of nitrogens with zero attached hydrogens (tertiary/aromatic N) is 1. The molecule has 1 saturated heterocycles. The van der Waals surface area contributed by atoms with E-state index in [4.69, 9.17) is 4.74 Å². The van der Waals surface area contributed by atoms with Gasteiger partial charge in [-0.05, 0) is 35.9 Å². The molecule has 0 saturated carbocycles. The second kappa shape index (κ2) is 10.1. The fourth-order valence-electron chi connectivity index (χ4n) is 3.68. The van der Waals surface area contributed by atoms with Crippen LogP contribution in [0.5, 0.6) is 5.75 Å². The Kier molecular flexibility index (Phi) is 7.31. The zero-order chi connectivity index (χ0) is 19.8. The fourth-order valence-corrected chi connectivity index (χ4v) is 3.68. The molecule has 0 atom stereocenters. The minimum atomic E-state index is -0.0253. The van der Waals surface area contributed by atoms with Crippen LogP contribution in [-0.4, -0.2) is 56.7 Å². The van der Waals surface area contributed by atoms with E-state index >= 15 is 0 Å². The van der Waals surface area contributed by atoms with Gasteiger partial charge in [-0.2, -0.15) is 0 Å². The molecule has 28 heavy (non-hydrogen) atoms. The average molecular weight is 388 g/mol. The van der Waals surface area contributed by atoms with E-state index in [0.717, 1.165) is 30.0 Å². The highest BCUT2D eigenvalue weighted by molar-refractivity contribution is 5.84. The molecule has 0 bridgehead atoms. The maximum absolute atomic E-state index is 12.2. The monoisotopic (exact) mass is 387 g/mol. The van der Waals surface area contributed by atoms with Gasteiger partial charge in [0, 0.05) is 38.6 Å². The summed E-state index contributed by atoms with van der Waals surface area (Å²) in [7, 11) is 1.63. The Morgan fingerprint density at radius 2 is 2.00 bits per heavy atom. The third-order valence-electron chi connectivity index (χ3n) is 5.34. The number of rotatable bonds is 9. The van der Waals surface area contributed by atoms with Gasteiger partial charge in [0.1, 0.15) is 5.75 Å². The average Bonchev–Trinajstić information content (AvgIpc) is 3.24. The molecule has 0 aliphatic carbocycles. The molecular weight excluding hydrogens is 356 g/mol. The second-order valence-electron chi connectivity index (χ2n) is 7.37. The zero-order valence-corrected chi connectivity index (χ0v) is 16.6. The molecule has 3 rings (SSSR count). The molecule has 7 nitrogen and oxygen atoms in total. The van der Waals surface area contributed by atoms with Gasteiger partial charge in [-0.25, -0.2) is 0 Å². The van der Waals surface area contributed by atoms with Crippen molar-refractivity contribution >= 4 is 17.5 Å². The molecule has 3 N–H and O–H groups in total. The Balaban J connectivity index is 1.40. The summed E-state index contributed by atoms with van der Waals surface area (Å²) < 4.78 is 5.18. The highest BCUT2D eigenvalue weighted by Gasteiger charge is 2.20. The number of ether oxygens (including phenoxy) is 1. The molecule has 2 amide bonds. The standard InChI is InChI=1S/C21H30N4O3/c1-28-18-7-5-17(6-8-18)19-9-10-21(27)25(23-19)16-11-20(26)22-12-4-15-24-13-2-3-14-24/h5-9,23H,2-4,10-16H2,1H3,(H,22,26)/p+1. The third-order valence-corrected chi connectivity index (χ3v) is 5.34. The van der Waals surface area contributed by atoms with Gasteiger partial charge in [-0.15, -0.1) is 0 Å². The Morgan fingerprint density at radius 1 is 1.25 bits per heavy atom. The molecule has 2 heterocycles. The molecule has 1 aromatic carbocycles. The number of carbonyl (C=O) groups is 2. The molecule has 2 aliphatic heterocycles. The summed E-state index contributed by atoms with van der Waals surface area (Å²) in [5.74, 6) is 0.755. The largest absolute Gasteiger partial charge is 0.497 e. The van der Waals surface area contributed by atoms with Gasteiger partial charge in [0.2, 0.25) is 11.8 Å². The maximum Gasteiger partial charge on any atom is 0.244 e. The van der Waals surface area contributed by atoms with Crippen molar-refractivity contribution in [2.24, 2.45) is 0 Å². The minimum absolute atomic E-state index is 0.00780. The molecule has 152 valence electrons. The van der Waals surface area contributed by atoms with Crippen molar-refractivity contribution in [3.63, 3.8) is 0 Å². The van der Waals surface area contributed by atoms with Crippen LogP contribution in [0.2, 0.25) is 0 Å². The molecular formula is C21H31N4O3+. The lowest BCUT2D eigenvalue weighted by molar-refractivity contribution is -0.887. The van der Waals surface area contributed by atoms with Crippen molar-refractivity contribution < 1.29 is 19.2 Å². The van der Waals surface area contributed by atoms with Crippen molar-refractivity contribution in [1.29, 1.82) is 0 Å². The van der Waals surface area contributed by atoms with Gasteiger partial charge >= 0.3 is 0 Å². The van der Waals surface area contributed by atoms with Gasteiger partial charge in [0.25, 0.3) is 0 Å². The Hall–Kier alpha value is -2.54. The fraction of sp³-hybridized carbons (Fsp3) is 0.524. The number of hydrazine groups is 1. The number of likely N-dealkylation sites (tertiary alicyclic amines) is 1. The normalized spacial score (nSPS) is 17.2. The highest BCUT2D eigenvalue weighted by Crippen LogP contribution is 2.20. The topological polar surface area (TPSA) is 75.1 Å². The van der Waals surface area contributed by atoms with Crippen LogP contribution in [-0.2, 0) is 9.59 Å². The molecule has 2 aliphatic rings. The smallest absolute Gasteiger partial charge is 0.244 e. The Labute approximate surface area is 166 Å². The van der Waals surface area contributed by atoms with Gasteiger partial charge in [0.05, 0.1) is 39.0 Å². The van der Waals surface area contributed by atoms with Crippen LogP contribution in [0.4, 0.5) is 0 Å². The van der Waals surface area contributed by atoms with Crippen LogP contribution in [0.25, 0.3) is 5.70 Å². The van der Waals surface area contributed by atoms with Crippen molar-refractivity contribution in [1.82, 2.24) is 15.8 Å². The predicted octanol–water partition coefficient (Wildman–Crippen LogP) is 0.348. The number of amides is 2. The quantitative estimate of drug-likeness (QED) is 0.535. The summed E-state index contributed by atoms with van der Waals surface area (Å²) in [4.78, 5) is 25.9. The predicted molar refractivity (Wildman–Crippen MR) is 107 cm³/mol. The number of hydrogen-bond acceptors (Lipinski definition) is 4. The summed E-state index contributed by atoms with van der Waals surface area (Å²) in [6.45, 7) is 4.72. The lowest BCUT2D eigenvalue weighted by atomic mass is 10.1. The van der Waals surface area contributed by atoms with Crippen molar-refractivity contribution in [3.05, 3.63) is 35.9 Å². The number of methoxy groups -OCH3 is 1. The van der Waals surface area contributed by atoms with E-state index < -0.39 is 0 Å². The number of quaternary nitrogens is 1. The molecule has 7 heteroatoms. The van der Waals surface area contributed by atoms with E-state index in [2.05, 4.69) is 10.7 Å². The lowest BCUT2D eigenvalue weighted by Gasteiger charge is -2.29. The minimum Gasteiger partial charge on any atom is -0.497 e. The van der Waals surface area contributed by atoms with E-state index in [1.165, 1.54) is 30.9 Å². The van der Waals surface area contributed by atoms with E-state index in [-0.39, 0.29) is 11.8 Å². The van der Waals surface area contributed by atoms with Gasteiger partial charge in [0.15, 0.2) is 0 Å². The molecule has 0 spiro atoms. The second-order valence-corrected chi connectivity index (χ2v) is 7.37. The van der Waals surface area contributed by atoms with Crippen LogP contribution in [0.15, 0.2) is 30.3 Å². The first kappa shape index (κ1) is 20.2. The summed E-state index contributed by atoms with van der Waals surface area (Å²) in [6, 6.07) is 7.66. The summed E-state index contributed by atoms with van der Waals surface area (Å²) in [5.41, 5.74) is 4.99. The Bertz CT molecular complexity index is 696. The van der Waals surface area contributed by atoms with E-state index in [0.29, 0.717) is 25.9 Å². The molecule has 1 fully saturated rings. The highest BCUT2D eigenvalue weighted by atomic mass is 16.5. The summed E-state index contributed by atoms with van der Waals surface area (Å²) in [6.07, 6.45) is 6.16. The first-order valence-corrected chi connectivity index (χ1v) is 10.2. The van der Waals surface area contributed by atoms with E-state index in [1.54, 1.807) is 12.0 Å². The SMILES string of the molecule is COc1ccc(C2=CCC(=O)N(CCC(=O)NCCC[NH+]3CCCC3)N2)cc1. The molecule has 0 unspecified atom stereocenters. The van der Waals surface area contributed by atoms with Crippen LogP contribution < -0.4 is 20.4 Å². The molecule has 0 radical (unpaired) electrons. The van der Waals surface area contributed by atoms with Crippen molar-refractivity contribution in [2.45, 2.75) is 32.1 Å². The molecule has 0 aromatic heterocycles. The number of carbonyl (C=O) groups excluding carboxylic acids is 2. The van der Waals surface area contributed by atoms with Gasteiger partial charge in [-0.3, -0.25) is 20.0 Å². The van der Waals surface area contributed by atoms with Gasteiger partial charge in [-0.1, -0.05) is 0 Å².